The van der Waals surface area contributed by atoms with Gasteiger partial charge in [-0.05, 0) is 44.2 Å². The van der Waals surface area contributed by atoms with E-state index in [4.69, 9.17) is 5.11 Å². The summed E-state index contributed by atoms with van der Waals surface area (Å²) >= 11 is 0. The number of amides is 2. The molecule has 1 aliphatic heterocycles. The molecule has 0 radical (unpaired) electrons. The molecule has 0 spiro atoms. The number of likely N-dealkylation sites (tertiary alicyclic amines) is 1. The highest BCUT2D eigenvalue weighted by molar-refractivity contribution is 7.89. The molecule has 2 N–H and O–H groups in total. The topological polar surface area (TPSA) is 124 Å². The average molecular weight is 468 g/mol. The third-order valence-electron chi connectivity index (χ3n) is 5.54. The van der Waals surface area contributed by atoms with Gasteiger partial charge in [0.15, 0.2) is 0 Å². The summed E-state index contributed by atoms with van der Waals surface area (Å²) in [5.74, 6) is -1.90. The summed E-state index contributed by atoms with van der Waals surface area (Å²) in [7, 11) is -2.42. The molecule has 0 saturated carbocycles. The number of carboxylic acid groups (broad SMARTS) is 1. The maximum Gasteiger partial charge on any atom is 0.323 e. The molecule has 32 heavy (non-hydrogen) atoms. The second-order valence-electron chi connectivity index (χ2n) is 8.80. The molecule has 178 valence electrons. The van der Waals surface area contributed by atoms with Gasteiger partial charge < -0.3 is 14.9 Å². The van der Waals surface area contributed by atoms with Gasteiger partial charge in [-0.25, -0.2) is 8.42 Å². The number of aryl methyl sites for hydroxylation is 1. The molecule has 0 unspecified atom stereocenters. The number of hydrogen-bond acceptors (Lipinski definition) is 5. The van der Waals surface area contributed by atoms with Crippen molar-refractivity contribution in [3.05, 3.63) is 29.8 Å². The van der Waals surface area contributed by atoms with Crippen LogP contribution in [0.15, 0.2) is 29.2 Å². The first-order valence-corrected chi connectivity index (χ1v) is 12.2. The Morgan fingerprint density at radius 1 is 1.16 bits per heavy atom. The molecular formula is C22H33N3O6S. The van der Waals surface area contributed by atoms with Crippen LogP contribution in [-0.2, 0) is 24.4 Å². The summed E-state index contributed by atoms with van der Waals surface area (Å²) in [6, 6.07) is 5.54. The number of carboxylic acids is 1. The number of carbonyl (C=O) groups excluding carboxylic acids is 2. The zero-order valence-corrected chi connectivity index (χ0v) is 19.9. The Balaban J connectivity index is 2.06. The highest BCUT2D eigenvalue weighted by atomic mass is 32.2. The molecule has 1 aliphatic rings. The van der Waals surface area contributed by atoms with Gasteiger partial charge >= 0.3 is 5.97 Å². The predicted molar refractivity (Wildman–Crippen MR) is 119 cm³/mol. The monoisotopic (exact) mass is 467 g/mol. The molecule has 1 heterocycles. The first-order valence-electron chi connectivity index (χ1n) is 10.7. The number of aliphatic carboxylic acids is 1. The van der Waals surface area contributed by atoms with Gasteiger partial charge in [-0.2, -0.15) is 4.72 Å². The fraction of sp³-hybridized carbons (Fsp3) is 0.591. The SMILES string of the molecule is Cc1ccc(S(=O)(=O)N[C@@H](CC(C)C)C(=O)N2CCC(C(=O)N(C)CC(=O)O)CC2)cc1. The number of nitrogens with zero attached hydrogens (tertiary/aromatic N) is 2. The lowest BCUT2D eigenvalue weighted by Crippen LogP contribution is -2.52. The minimum Gasteiger partial charge on any atom is -0.480 e. The van der Waals surface area contributed by atoms with Gasteiger partial charge in [-0.3, -0.25) is 14.4 Å². The zero-order chi connectivity index (χ0) is 24.1. The van der Waals surface area contributed by atoms with Gasteiger partial charge in [-0.15, -0.1) is 0 Å². The summed E-state index contributed by atoms with van der Waals surface area (Å²) in [6.07, 6.45) is 1.17. The predicted octanol–water partition coefficient (Wildman–Crippen LogP) is 1.47. The van der Waals surface area contributed by atoms with Crippen LogP contribution in [0.4, 0.5) is 0 Å². The normalized spacial score (nSPS) is 16.1. The van der Waals surface area contributed by atoms with Gasteiger partial charge in [0.2, 0.25) is 21.8 Å². The molecule has 0 aromatic heterocycles. The van der Waals surface area contributed by atoms with Crippen molar-refractivity contribution in [3.8, 4) is 0 Å². The summed E-state index contributed by atoms with van der Waals surface area (Å²) in [4.78, 5) is 39.3. The van der Waals surface area contributed by atoms with E-state index in [-0.39, 0.29) is 35.1 Å². The van der Waals surface area contributed by atoms with E-state index in [0.29, 0.717) is 32.4 Å². The Morgan fingerprint density at radius 2 is 1.72 bits per heavy atom. The summed E-state index contributed by atoms with van der Waals surface area (Å²) in [5, 5.41) is 8.86. The summed E-state index contributed by atoms with van der Waals surface area (Å²) in [6.45, 7) is 5.97. The lowest BCUT2D eigenvalue weighted by molar-refractivity contribution is -0.146. The van der Waals surface area contributed by atoms with Crippen molar-refractivity contribution in [2.75, 3.05) is 26.7 Å². The van der Waals surface area contributed by atoms with Gasteiger partial charge in [0.25, 0.3) is 0 Å². The molecule has 2 rings (SSSR count). The Hall–Kier alpha value is -2.46. The van der Waals surface area contributed by atoms with E-state index in [0.717, 1.165) is 5.56 Å². The third kappa shape index (κ3) is 7.03. The van der Waals surface area contributed by atoms with Crippen molar-refractivity contribution in [1.29, 1.82) is 0 Å². The highest BCUT2D eigenvalue weighted by Crippen LogP contribution is 2.22. The smallest absolute Gasteiger partial charge is 0.323 e. The minimum absolute atomic E-state index is 0.0912. The summed E-state index contributed by atoms with van der Waals surface area (Å²) in [5.41, 5.74) is 0.935. The molecule has 9 nitrogen and oxygen atoms in total. The van der Waals surface area contributed by atoms with E-state index in [1.807, 2.05) is 20.8 Å². The third-order valence-corrected chi connectivity index (χ3v) is 7.03. The van der Waals surface area contributed by atoms with E-state index >= 15 is 0 Å². The number of nitrogens with one attached hydrogen (secondary N) is 1. The van der Waals surface area contributed by atoms with E-state index in [1.165, 1.54) is 24.1 Å². The minimum atomic E-state index is -3.87. The van der Waals surface area contributed by atoms with Crippen LogP contribution < -0.4 is 4.72 Å². The fourth-order valence-electron chi connectivity index (χ4n) is 3.80. The van der Waals surface area contributed by atoms with Gasteiger partial charge in [-0.1, -0.05) is 31.5 Å². The lowest BCUT2D eigenvalue weighted by Gasteiger charge is -2.35. The Kier molecular flexibility index (Phi) is 8.80. The standard InChI is InChI=1S/C22H33N3O6S/c1-15(2)13-19(23-32(30,31)18-7-5-16(3)6-8-18)22(29)25-11-9-17(10-12-25)21(28)24(4)14-20(26)27/h5-8,15,17,19,23H,9-14H2,1-4H3,(H,26,27)/t19-/m0/s1. The van der Waals surface area contributed by atoms with Crippen LogP contribution in [0.2, 0.25) is 0 Å². The average Bonchev–Trinajstić information content (AvgIpc) is 2.71. The van der Waals surface area contributed by atoms with Crippen molar-refractivity contribution in [3.63, 3.8) is 0 Å². The quantitative estimate of drug-likeness (QED) is 0.567. The maximum absolute atomic E-state index is 13.2. The molecular weight excluding hydrogens is 434 g/mol. The molecule has 0 bridgehead atoms. The highest BCUT2D eigenvalue weighted by Gasteiger charge is 2.34. The van der Waals surface area contributed by atoms with Crippen LogP contribution in [0.25, 0.3) is 0 Å². The van der Waals surface area contributed by atoms with Crippen molar-refractivity contribution in [2.24, 2.45) is 11.8 Å². The van der Waals surface area contributed by atoms with Crippen LogP contribution in [0.3, 0.4) is 0 Å². The molecule has 10 heteroatoms. The Bertz CT molecular complexity index is 921. The second-order valence-corrected chi connectivity index (χ2v) is 10.5. The van der Waals surface area contributed by atoms with Gasteiger partial charge in [0.1, 0.15) is 12.6 Å². The number of benzene rings is 1. The van der Waals surface area contributed by atoms with Gasteiger partial charge in [0, 0.05) is 26.1 Å². The number of piperidine rings is 1. The van der Waals surface area contributed by atoms with Crippen molar-refractivity contribution in [2.45, 2.75) is 51.0 Å². The fourth-order valence-corrected chi connectivity index (χ4v) is 5.01. The van der Waals surface area contributed by atoms with Crippen LogP contribution in [0.1, 0.15) is 38.7 Å². The molecule has 1 aromatic carbocycles. The van der Waals surface area contributed by atoms with Crippen LogP contribution in [0, 0.1) is 18.8 Å². The number of sulfonamides is 1. The number of carbonyl (C=O) groups is 3. The molecule has 1 saturated heterocycles. The lowest BCUT2D eigenvalue weighted by atomic mass is 9.94. The van der Waals surface area contributed by atoms with Crippen molar-refractivity contribution < 1.29 is 27.9 Å². The zero-order valence-electron chi connectivity index (χ0n) is 19.1. The summed E-state index contributed by atoms with van der Waals surface area (Å²) < 4.78 is 28.3. The first kappa shape index (κ1) is 25.8. The van der Waals surface area contributed by atoms with E-state index in [1.54, 1.807) is 17.0 Å². The van der Waals surface area contributed by atoms with Crippen LogP contribution in [0.5, 0.6) is 0 Å². The molecule has 0 aliphatic carbocycles. The number of hydrogen-bond donors (Lipinski definition) is 2. The number of rotatable bonds is 9. The second kappa shape index (κ2) is 10.9. The molecule has 1 atom stereocenters. The van der Waals surface area contributed by atoms with E-state index < -0.39 is 22.0 Å². The van der Waals surface area contributed by atoms with E-state index in [9.17, 15) is 22.8 Å². The van der Waals surface area contributed by atoms with Crippen LogP contribution >= 0.6 is 0 Å². The van der Waals surface area contributed by atoms with E-state index in [2.05, 4.69) is 4.72 Å². The maximum atomic E-state index is 13.2. The van der Waals surface area contributed by atoms with Crippen molar-refractivity contribution >= 4 is 27.8 Å². The Morgan fingerprint density at radius 3 is 2.22 bits per heavy atom. The molecule has 2 amide bonds. The first-order chi connectivity index (χ1) is 14.9. The van der Waals surface area contributed by atoms with Crippen LogP contribution in [-0.4, -0.2) is 73.8 Å². The molecule has 1 aromatic rings. The van der Waals surface area contributed by atoms with Crippen molar-refractivity contribution in [1.82, 2.24) is 14.5 Å². The largest absolute Gasteiger partial charge is 0.480 e. The number of likely N-dealkylation sites (N-methyl/N-ethyl adjacent to an activating group) is 1. The molecule has 1 fully saturated rings. The van der Waals surface area contributed by atoms with Gasteiger partial charge in [0.05, 0.1) is 4.90 Å². The Labute approximate surface area is 189 Å².